The number of fused-ring (bicyclic) bond motifs is 1. The zero-order valence-electron chi connectivity index (χ0n) is 21.8. The summed E-state index contributed by atoms with van der Waals surface area (Å²) in [6.45, 7) is 8.18. The van der Waals surface area contributed by atoms with Crippen molar-refractivity contribution in [2.45, 2.75) is 52.7 Å². The molecule has 0 unspecified atom stereocenters. The van der Waals surface area contributed by atoms with E-state index in [2.05, 4.69) is 11.9 Å². The van der Waals surface area contributed by atoms with Crippen LogP contribution in [0.15, 0.2) is 69.6 Å². The highest BCUT2D eigenvalue weighted by molar-refractivity contribution is 7.07. The number of ether oxygens (including phenoxy) is 3. The molecule has 37 heavy (non-hydrogen) atoms. The number of carbonyl (C=O) groups excluding carboxylic acids is 1. The smallest absolute Gasteiger partial charge is 0.338 e. The maximum Gasteiger partial charge on any atom is 0.338 e. The second-order valence-electron chi connectivity index (χ2n) is 9.08. The monoisotopic (exact) mass is 520 g/mol. The van der Waals surface area contributed by atoms with Crippen molar-refractivity contribution in [1.82, 2.24) is 4.57 Å². The normalized spacial score (nSPS) is 15.4. The lowest BCUT2D eigenvalue weighted by molar-refractivity contribution is -0.143. The molecule has 0 fully saturated rings. The third kappa shape index (κ3) is 5.85. The summed E-state index contributed by atoms with van der Waals surface area (Å²) in [6, 6.07) is 14.4. The Morgan fingerprint density at radius 2 is 1.78 bits per heavy atom. The zero-order valence-corrected chi connectivity index (χ0v) is 22.6. The fourth-order valence-corrected chi connectivity index (χ4v) is 5.15. The molecule has 0 saturated carbocycles. The number of allylic oxidation sites excluding steroid dienone is 1. The second kappa shape index (κ2) is 11.6. The lowest BCUT2D eigenvalue weighted by Gasteiger charge is -2.25. The summed E-state index contributed by atoms with van der Waals surface area (Å²) in [5.74, 6) is 1.01. The Kier molecular flexibility index (Phi) is 8.28. The first-order valence-electron chi connectivity index (χ1n) is 12.4. The van der Waals surface area contributed by atoms with Gasteiger partial charge in [0.2, 0.25) is 0 Å². The van der Waals surface area contributed by atoms with Gasteiger partial charge in [-0.3, -0.25) is 9.36 Å². The summed E-state index contributed by atoms with van der Waals surface area (Å²) >= 11 is 1.30. The number of unbranched alkanes of at least 4 members (excludes halogenated alkanes) is 1. The van der Waals surface area contributed by atoms with Gasteiger partial charge in [0.25, 0.3) is 5.56 Å². The van der Waals surface area contributed by atoms with E-state index in [0.29, 0.717) is 33.0 Å². The molecule has 0 radical (unpaired) electrons. The maximum absolute atomic E-state index is 13.7. The molecule has 1 aliphatic rings. The van der Waals surface area contributed by atoms with Crippen molar-refractivity contribution in [2.24, 2.45) is 4.99 Å². The molecule has 194 valence electrons. The van der Waals surface area contributed by atoms with Gasteiger partial charge in [0.1, 0.15) is 11.5 Å². The van der Waals surface area contributed by atoms with E-state index < -0.39 is 12.0 Å². The van der Waals surface area contributed by atoms with Gasteiger partial charge in [-0.05, 0) is 68.7 Å². The fourth-order valence-electron chi connectivity index (χ4n) is 4.11. The molecule has 0 amide bonds. The number of methoxy groups -OCH3 is 1. The number of hydrogen-bond donors (Lipinski definition) is 0. The predicted octanol–water partition coefficient (Wildman–Crippen LogP) is 4.37. The van der Waals surface area contributed by atoms with Crippen LogP contribution < -0.4 is 24.4 Å². The van der Waals surface area contributed by atoms with Gasteiger partial charge in [-0.1, -0.05) is 48.9 Å². The van der Waals surface area contributed by atoms with Crippen molar-refractivity contribution in [1.29, 1.82) is 0 Å². The minimum Gasteiger partial charge on any atom is -0.497 e. The van der Waals surface area contributed by atoms with E-state index in [1.807, 2.05) is 54.6 Å². The summed E-state index contributed by atoms with van der Waals surface area (Å²) in [7, 11) is 1.59. The van der Waals surface area contributed by atoms with Crippen molar-refractivity contribution >= 4 is 23.4 Å². The Morgan fingerprint density at radius 3 is 2.41 bits per heavy atom. The Bertz CT molecular complexity index is 1460. The van der Waals surface area contributed by atoms with Crippen molar-refractivity contribution in [2.75, 3.05) is 13.7 Å². The molecule has 0 saturated heterocycles. The maximum atomic E-state index is 13.7. The average Bonchev–Trinajstić information content (AvgIpc) is 3.18. The molecule has 3 aromatic rings. The SMILES string of the molecule is CCCCOc1ccc(/C=c2/sc3n(c2=O)[C@@H](c2ccc(OC)cc2)C(C(=O)OC(C)C)=C(C)N=3)cc1. The van der Waals surface area contributed by atoms with Gasteiger partial charge in [0.05, 0.1) is 41.7 Å². The van der Waals surface area contributed by atoms with Crippen LogP contribution in [0.4, 0.5) is 0 Å². The van der Waals surface area contributed by atoms with Gasteiger partial charge >= 0.3 is 5.97 Å². The summed E-state index contributed by atoms with van der Waals surface area (Å²) in [5, 5.41) is 0. The van der Waals surface area contributed by atoms with E-state index in [4.69, 9.17) is 14.2 Å². The molecule has 1 atom stereocenters. The van der Waals surface area contributed by atoms with Crippen LogP contribution in [0.2, 0.25) is 0 Å². The van der Waals surface area contributed by atoms with Crippen molar-refractivity contribution < 1.29 is 19.0 Å². The molecule has 8 heteroatoms. The molecular weight excluding hydrogens is 488 g/mol. The summed E-state index contributed by atoms with van der Waals surface area (Å²) < 4.78 is 18.7. The minimum atomic E-state index is -0.662. The quantitative estimate of drug-likeness (QED) is 0.309. The van der Waals surface area contributed by atoms with E-state index >= 15 is 0 Å². The predicted molar refractivity (Wildman–Crippen MR) is 145 cm³/mol. The zero-order chi connectivity index (χ0) is 26.5. The van der Waals surface area contributed by atoms with Gasteiger partial charge in [-0.2, -0.15) is 0 Å². The van der Waals surface area contributed by atoms with E-state index in [9.17, 15) is 9.59 Å². The third-order valence-corrected chi connectivity index (χ3v) is 6.94. The van der Waals surface area contributed by atoms with Crippen LogP contribution in [0.5, 0.6) is 11.5 Å². The van der Waals surface area contributed by atoms with E-state index in [1.54, 1.807) is 32.4 Å². The number of rotatable bonds is 9. The first-order chi connectivity index (χ1) is 17.8. The van der Waals surface area contributed by atoms with Crippen LogP contribution in [0.25, 0.3) is 6.08 Å². The summed E-state index contributed by atoms with van der Waals surface area (Å²) in [6.07, 6.45) is 3.62. The van der Waals surface area contributed by atoms with Crippen molar-refractivity contribution in [3.05, 3.63) is 90.6 Å². The number of carbonyl (C=O) groups is 1. The van der Waals surface area contributed by atoms with E-state index in [0.717, 1.165) is 29.7 Å². The third-order valence-electron chi connectivity index (χ3n) is 5.96. The van der Waals surface area contributed by atoms with Crippen LogP contribution in [0.1, 0.15) is 57.7 Å². The lowest BCUT2D eigenvalue weighted by atomic mass is 9.96. The minimum absolute atomic E-state index is 0.213. The molecule has 0 N–H and O–H groups in total. The average molecular weight is 521 g/mol. The topological polar surface area (TPSA) is 79.1 Å². The fraction of sp³-hybridized carbons (Fsp3) is 0.345. The second-order valence-corrected chi connectivity index (χ2v) is 10.1. The van der Waals surface area contributed by atoms with E-state index in [-0.39, 0.29) is 11.7 Å². The number of hydrogen-bond acceptors (Lipinski definition) is 7. The molecule has 0 bridgehead atoms. The van der Waals surface area contributed by atoms with Gasteiger partial charge in [-0.15, -0.1) is 0 Å². The number of esters is 1. The van der Waals surface area contributed by atoms with Gasteiger partial charge in [-0.25, -0.2) is 9.79 Å². The molecule has 1 aromatic heterocycles. The standard InChI is InChI=1S/C29H32N2O5S/c1-6-7-16-35-23-12-8-20(9-13-23)17-24-27(32)31-26(21-10-14-22(34-5)15-11-21)25(28(33)36-18(2)3)19(4)30-29(31)37-24/h8-15,17-18,26H,6-7,16H2,1-5H3/b24-17+/t26-/m0/s1. The van der Waals surface area contributed by atoms with Crippen molar-refractivity contribution in [3.8, 4) is 11.5 Å². The van der Waals surface area contributed by atoms with Crippen LogP contribution in [0.3, 0.4) is 0 Å². The lowest BCUT2D eigenvalue weighted by Crippen LogP contribution is -2.40. The van der Waals surface area contributed by atoms with Crippen LogP contribution in [-0.4, -0.2) is 30.4 Å². The number of thiazole rings is 1. The summed E-state index contributed by atoms with van der Waals surface area (Å²) in [4.78, 5) is 32.1. The highest BCUT2D eigenvalue weighted by atomic mass is 32.1. The first-order valence-corrected chi connectivity index (χ1v) is 13.2. The van der Waals surface area contributed by atoms with Gasteiger partial charge in [0, 0.05) is 0 Å². The molecule has 2 aromatic carbocycles. The molecular formula is C29H32N2O5S. The largest absolute Gasteiger partial charge is 0.497 e. The number of aromatic nitrogens is 1. The van der Waals surface area contributed by atoms with Gasteiger partial charge in [0.15, 0.2) is 4.80 Å². The molecule has 1 aliphatic heterocycles. The Hall–Kier alpha value is -3.65. The number of benzene rings is 2. The Morgan fingerprint density at radius 1 is 1.11 bits per heavy atom. The van der Waals surface area contributed by atoms with Crippen LogP contribution in [-0.2, 0) is 9.53 Å². The first kappa shape index (κ1) is 26.4. The molecule has 7 nitrogen and oxygen atoms in total. The highest BCUT2D eigenvalue weighted by Crippen LogP contribution is 2.31. The molecule has 2 heterocycles. The molecule has 0 spiro atoms. The number of nitrogens with zero attached hydrogens (tertiary/aromatic N) is 2. The molecule has 0 aliphatic carbocycles. The molecule has 4 rings (SSSR count). The summed E-state index contributed by atoms with van der Waals surface area (Å²) in [5.41, 5.74) is 2.32. The van der Waals surface area contributed by atoms with Gasteiger partial charge < -0.3 is 14.2 Å². The van der Waals surface area contributed by atoms with E-state index in [1.165, 1.54) is 11.3 Å². The Balaban J connectivity index is 1.79. The van der Waals surface area contributed by atoms with Crippen LogP contribution >= 0.6 is 11.3 Å². The Labute approximate surface area is 220 Å². The van der Waals surface area contributed by atoms with Crippen LogP contribution in [0, 0.1) is 0 Å². The highest BCUT2D eigenvalue weighted by Gasteiger charge is 2.33. The van der Waals surface area contributed by atoms with Crippen molar-refractivity contribution in [3.63, 3.8) is 0 Å².